The molecule has 0 saturated heterocycles. The van der Waals surface area contributed by atoms with Crippen molar-refractivity contribution in [3.63, 3.8) is 0 Å². The van der Waals surface area contributed by atoms with Crippen molar-refractivity contribution in [3.8, 4) is 33.6 Å². The fourth-order valence-electron chi connectivity index (χ4n) is 10.5. The van der Waals surface area contributed by atoms with Gasteiger partial charge < -0.3 is 9.13 Å². The lowest BCUT2D eigenvalue weighted by molar-refractivity contribution is 1.20. The minimum Gasteiger partial charge on any atom is -0.309 e. The van der Waals surface area contributed by atoms with Crippen molar-refractivity contribution in [3.05, 3.63) is 218 Å². The van der Waals surface area contributed by atoms with E-state index in [0.29, 0.717) is 0 Å². The van der Waals surface area contributed by atoms with Crippen LogP contribution in [0.4, 0.5) is 0 Å². The van der Waals surface area contributed by atoms with E-state index in [1.54, 1.807) is 0 Å². The third kappa shape index (κ3) is 4.59. The first-order valence-electron chi connectivity index (χ1n) is 20.8. The molecule has 11 aromatic carbocycles. The Labute approximate surface area is 346 Å². The van der Waals surface area contributed by atoms with Crippen LogP contribution in [0.3, 0.4) is 0 Å². The van der Waals surface area contributed by atoms with Gasteiger partial charge in [0.2, 0.25) is 0 Å². The van der Waals surface area contributed by atoms with E-state index in [0.717, 1.165) is 0 Å². The van der Waals surface area contributed by atoms with Crippen molar-refractivity contribution in [2.24, 2.45) is 0 Å². The zero-order chi connectivity index (χ0) is 39.3. The normalized spacial score (nSPS) is 12.0. The molecule has 0 N–H and O–H groups in total. The first-order valence-corrected chi connectivity index (χ1v) is 20.8. The Hall–Kier alpha value is -7.94. The molecular weight excluding hydrogens is 725 g/mol. The second-order valence-corrected chi connectivity index (χ2v) is 15.9. The molecule has 0 atom stereocenters. The van der Waals surface area contributed by atoms with E-state index in [1.165, 1.54) is 120 Å². The fourth-order valence-corrected chi connectivity index (χ4v) is 10.5. The Bertz CT molecular complexity index is 3480. The predicted molar refractivity (Wildman–Crippen MR) is 256 cm³/mol. The number of para-hydroxylation sites is 4. The van der Waals surface area contributed by atoms with E-state index in [4.69, 9.17) is 0 Å². The van der Waals surface area contributed by atoms with Crippen molar-refractivity contribution in [1.82, 2.24) is 9.13 Å². The standard InChI is InChI=1S/C58H36N2/c1-3-19-39-37(17-1)49(33-35-55(39)59-51-29-13-9-21-41(51)42-22-10-14-30-52(42)59)57-45-25-5-7-27-47(45)58(48-28-8-6-26-46(48)57)50-34-36-56(40-20-4-2-18-38(40)50)60-53-31-15-11-23-43(53)44-24-12-16-32-54(44)60/h1-36H. The van der Waals surface area contributed by atoms with Gasteiger partial charge in [0, 0.05) is 32.3 Å². The summed E-state index contributed by atoms with van der Waals surface area (Å²) in [5.41, 5.74) is 12.2. The van der Waals surface area contributed by atoms with Gasteiger partial charge in [-0.3, -0.25) is 0 Å². The molecule has 0 bridgehead atoms. The maximum atomic E-state index is 2.45. The van der Waals surface area contributed by atoms with Gasteiger partial charge in [-0.25, -0.2) is 0 Å². The van der Waals surface area contributed by atoms with Crippen LogP contribution < -0.4 is 0 Å². The maximum Gasteiger partial charge on any atom is 0.0541 e. The van der Waals surface area contributed by atoms with Crippen LogP contribution >= 0.6 is 0 Å². The molecule has 0 saturated carbocycles. The molecule has 0 aliphatic carbocycles. The van der Waals surface area contributed by atoms with Gasteiger partial charge in [-0.05, 0) is 91.0 Å². The lowest BCUT2D eigenvalue weighted by Gasteiger charge is -2.21. The van der Waals surface area contributed by atoms with E-state index in [-0.39, 0.29) is 0 Å². The molecule has 2 heteroatoms. The third-order valence-electron chi connectivity index (χ3n) is 12.9. The second kappa shape index (κ2) is 12.8. The van der Waals surface area contributed by atoms with Crippen LogP contribution in [0.5, 0.6) is 0 Å². The highest BCUT2D eigenvalue weighted by molar-refractivity contribution is 6.26. The summed E-state index contributed by atoms with van der Waals surface area (Å²) in [6.45, 7) is 0. The van der Waals surface area contributed by atoms with E-state index in [9.17, 15) is 0 Å². The molecule has 2 nitrogen and oxygen atoms in total. The Morgan fingerprint density at radius 2 is 0.417 bits per heavy atom. The highest BCUT2D eigenvalue weighted by Crippen LogP contribution is 2.48. The molecule has 2 heterocycles. The van der Waals surface area contributed by atoms with Crippen LogP contribution in [0.2, 0.25) is 0 Å². The van der Waals surface area contributed by atoms with Crippen molar-refractivity contribution in [2.45, 2.75) is 0 Å². The van der Waals surface area contributed by atoms with Crippen molar-refractivity contribution < 1.29 is 0 Å². The number of hydrogen-bond acceptors (Lipinski definition) is 0. The summed E-state index contributed by atoms with van der Waals surface area (Å²) in [4.78, 5) is 0. The van der Waals surface area contributed by atoms with Crippen LogP contribution in [-0.4, -0.2) is 9.13 Å². The van der Waals surface area contributed by atoms with Gasteiger partial charge >= 0.3 is 0 Å². The summed E-state index contributed by atoms with van der Waals surface area (Å²) in [7, 11) is 0. The maximum absolute atomic E-state index is 2.45. The average molecular weight is 761 g/mol. The number of aromatic nitrogens is 2. The largest absolute Gasteiger partial charge is 0.309 e. The van der Waals surface area contributed by atoms with E-state index < -0.39 is 0 Å². The number of rotatable bonds is 4. The van der Waals surface area contributed by atoms with E-state index >= 15 is 0 Å². The summed E-state index contributed by atoms with van der Waals surface area (Å²) in [5.74, 6) is 0. The highest BCUT2D eigenvalue weighted by Gasteiger charge is 2.22. The van der Waals surface area contributed by atoms with Gasteiger partial charge in [-0.2, -0.15) is 0 Å². The molecule has 0 unspecified atom stereocenters. The summed E-state index contributed by atoms with van der Waals surface area (Å²) in [6.07, 6.45) is 0. The first-order chi connectivity index (χ1) is 29.8. The molecule has 60 heavy (non-hydrogen) atoms. The Morgan fingerprint density at radius 3 is 0.717 bits per heavy atom. The molecule has 0 aliphatic rings. The van der Waals surface area contributed by atoms with Crippen molar-refractivity contribution in [1.29, 1.82) is 0 Å². The number of nitrogens with zero attached hydrogens (tertiary/aromatic N) is 2. The second-order valence-electron chi connectivity index (χ2n) is 15.9. The minimum absolute atomic E-state index is 1.19. The number of fused-ring (bicyclic) bond motifs is 10. The molecule has 0 radical (unpaired) electrons. The van der Waals surface area contributed by atoms with Gasteiger partial charge in [-0.15, -0.1) is 0 Å². The molecule has 13 rings (SSSR count). The van der Waals surface area contributed by atoms with Gasteiger partial charge in [0.15, 0.2) is 0 Å². The van der Waals surface area contributed by atoms with Crippen LogP contribution in [0, 0.1) is 0 Å². The Kier molecular flexibility index (Phi) is 7.05. The SMILES string of the molecule is c1ccc2c(-n3c4ccccc4c4ccccc43)ccc(-c3c4ccccc4c(-c4ccc(-n5c6ccccc6c6ccccc65)c5ccccc45)c4ccccc34)c2c1. The zero-order valence-corrected chi connectivity index (χ0v) is 32.7. The Balaban J connectivity index is 1.08. The van der Waals surface area contributed by atoms with Crippen LogP contribution in [-0.2, 0) is 0 Å². The molecule has 0 amide bonds. The Morgan fingerprint density at radius 1 is 0.183 bits per heavy atom. The molecule has 13 aromatic rings. The molecule has 278 valence electrons. The summed E-state index contributed by atoms with van der Waals surface area (Å²) in [5, 5.41) is 15.0. The monoisotopic (exact) mass is 760 g/mol. The average Bonchev–Trinajstić information content (AvgIpc) is 3.83. The molecule has 0 fully saturated rings. The van der Waals surface area contributed by atoms with Gasteiger partial charge in [0.05, 0.1) is 33.4 Å². The van der Waals surface area contributed by atoms with E-state index in [2.05, 4.69) is 228 Å². The van der Waals surface area contributed by atoms with Gasteiger partial charge in [-0.1, -0.05) is 182 Å². The summed E-state index contributed by atoms with van der Waals surface area (Å²) >= 11 is 0. The molecular formula is C58H36N2. The van der Waals surface area contributed by atoms with Gasteiger partial charge in [0.25, 0.3) is 0 Å². The highest BCUT2D eigenvalue weighted by atomic mass is 15.0. The minimum atomic E-state index is 1.19. The fraction of sp³-hybridized carbons (Fsp3) is 0. The lowest BCUT2D eigenvalue weighted by atomic mass is 9.83. The topological polar surface area (TPSA) is 9.86 Å². The van der Waals surface area contributed by atoms with Crippen LogP contribution in [0.25, 0.3) is 120 Å². The molecule has 2 aromatic heterocycles. The van der Waals surface area contributed by atoms with Crippen LogP contribution in [0.15, 0.2) is 218 Å². The molecule has 0 spiro atoms. The summed E-state index contributed by atoms with van der Waals surface area (Å²) < 4.78 is 4.90. The first kappa shape index (κ1) is 33.1. The van der Waals surface area contributed by atoms with Crippen LogP contribution in [0.1, 0.15) is 0 Å². The number of benzene rings is 11. The third-order valence-corrected chi connectivity index (χ3v) is 12.9. The lowest BCUT2D eigenvalue weighted by Crippen LogP contribution is -1.98. The molecule has 0 aliphatic heterocycles. The van der Waals surface area contributed by atoms with Crippen molar-refractivity contribution in [2.75, 3.05) is 0 Å². The van der Waals surface area contributed by atoms with Crippen molar-refractivity contribution >= 4 is 86.7 Å². The zero-order valence-electron chi connectivity index (χ0n) is 32.7. The van der Waals surface area contributed by atoms with Gasteiger partial charge in [0.1, 0.15) is 0 Å². The quantitative estimate of drug-likeness (QED) is 0.158. The summed E-state index contributed by atoms with van der Waals surface area (Å²) in [6, 6.07) is 80.5. The smallest absolute Gasteiger partial charge is 0.0541 e. The van der Waals surface area contributed by atoms with E-state index in [1.807, 2.05) is 0 Å². The number of hydrogen-bond donors (Lipinski definition) is 0. The predicted octanol–water partition coefficient (Wildman–Crippen LogP) is 15.8.